The van der Waals surface area contributed by atoms with Crippen molar-refractivity contribution >= 4 is 5.69 Å². The Bertz CT molecular complexity index is 426. The van der Waals surface area contributed by atoms with Gasteiger partial charge in [-0.25, -0.2) is 0 Å². The van der Waals surface area contributed by atoms with Gasteiger partial charge in [0.15, 0.2) is 0 Å². The lowest BCUT2D eigenvalue weighted by Gasteiger charge is -2.25. The predicted molar refractivity (Wildman–Crippen MR) is 62.8 cm³/mol. The minimum absolute atomic E-state index is 0.132. The molecule has 1 rings (SSSR count). The maximum Gasteiger partial charge on any atom is 0.253 e. The van der Waals surface area contributed by atoms with E-state index >= 15 is 0 Å². The van der Waals surface area contributed by atoms with Gasteiger partial charge in [0.1, 0.15) is 5.69 Å². The topological polar surface area (TPSA) is 34.1 Å². The maximum atomic E-state index is 13.3. The second-order valence-corrected chi connectivity index (χ2v) is 4.96. The lowest BCUT2D eigenvalue weighted by molar-refractivity contribution is 0.157. The van der Waals surface area contributed by atoms with Crippen molar-refractivity contribution in [1.82, 2.24) is 4.98 Å². The van der Waals surface area contributed by atoms with E-state index in [0.29, 0.717) is 13.0 Å². The van der Waals surface area contributed by atoms with Crippen LogP contribution in [0.1, 0.15) is 20.3 Å². The Morgan fingerprint density at radius 2 is 1.63 bits per heavy atom. The summed E-state index contributed by atoms with van der Waals surface area (Å²) in [6, 6.07) is 0. The van der Waals surface area contributed by atoms with Gasteiger partial charge >= 0.3 is 0 Å². The summed E-state index contributed by atoms with van der Waals surface area (Å²) in [6.45, 7) is 4.28. The minimum atomic E-state index is -1.67. The number of methoxy groups -OCH3 is 1. The minimum Gasteiger partial charge on any atom is -0.385 e. The maximum absolute atomic E-state index is 13.3. The summed E-state index contributed by atoms with van der Waals surface area (Å²) in [5, 5.41) is 2.39. The molecule has 108 valence electrons. The Morgan fingerprint density at radius 3 is 2.11 bits per heavy atom. The molecule has 0 bridgehead atoms. The van der Waals surface area contributed by atoms with Gasteiger partial charge < -0.3 is 10.1 Å². The van der Waals surface area contributed by atoms with Gasteiger partial charge in [-0.05, 0) is 11.8 Å². The highest BCUT2D eigenvalue weighted by atomic mass is 19.2. The number of hydrogen-bond acceptors (Lipinski definition) is 3. The molecule has 0 fully saturated rings. The van der Waals surface area contributed by atoms with E-state index in [1.165, 1.54) is 7.11 Å². The van der Waals surface area contributed by atoms with Crippen LogP contribution in [-0.2, 0) is 4.74 Å². The van der Waals surface area contributed by atoms with Gasteiger partial charge in [-0.2, -0.15) is 22.5 Å². The molecule has 0 aliphatic heterocycles. The van der Waals surface area contributed by atoms with E-state index in [1.807, 2.05) is 13.8 Å². The molecule has 1 N–H and O–H groups in total. The van der Waals surface area contributed by atoms with Crippen molar-refractivity contribution in [2.45, 2.75) is 20.3 Å². The number of ether oxygens (including phenoxy) is 1. The second kappa shape index (κ2) is 6.18. The van der Waals surface area contributed by atoms with Crippen LogP contribution in [0.25, 0.3) is 0 Å². The molecule has 1 heterocycles. The largest absolute Gasteiger partial charge is 0.385 e. The van der Waals surface area contributed by atoms with Crippen LogP contribution in [0.15, 0.2) is 0 Å². The molecule has 0 amide bonds. The van der Waals surface area contributed by atoms with E-state index in [9.17, 15) is 17.6 Å². The van der Waals surface area contributed by atoms with Crippen molar-refractivity contribution in [3.05, 3.63) is 23.5 Å². The van der Waals surface area contributed by atoms with Crippen molar-refractivity contribution in [1.29, 1.82) is 0 Å². The number of nitrogens with one attached hydrogen (secondary N) is 1. The third-order valence-corrected chi connectivity index (χ3v) is 2.72. The van der Waals surface area contributed by atoms with Crippen LogP contribution in [0, 0.1) is 28.9 Å². The number of halogens is 4. The molecule has 0 aliphatic rings. The SMILES string of the molecule is COCCC(C)(C)CNc1c(F)c(F)nc(F)c1F. The van der Waals surface area contributed by atoms with Crippen molar-refractivity contribution in [2.24, 2.45) is 5.41 Å². The molecule has 0 radical (unpaired) electrons. The molecule has 0 spiro atoms. The molecule has 3 nitrogen and oxygen atoms in total. The third-order valence-electron chi connectivity index (χ3n) is 2.72. The zero-order chi connectivity index (χ0) is 14.6. The first-order valence-corrected chi connectivity index (χ1v) is 5.71. The van der Waals surface area contributed by atoms with Crippen LogP contribution >= 0.6 is 0 Å². The molecule has 0 saturated heterocycles. The number of aromatic nitrogens is 1. The van der Waals surface area contributed by atoms with E-state index in [0.717, 1.165) is 0 Å². The molecule has 1 aromatic rings. The Morgan fingerprint density at radius 1 is 1.11 bits per heavy atom. The van der Waals surface area contributed by atoms with Gasteiger partial charge in [0.05, 0.1) is 0 Å². The van der Waals surface area contributed by atoms with Gasteiger partial charge in [-0.1, -0.05) is 13.8 Å². The van der Waals surface area contributed by atoms with Crippen LogP contribution in [0.5, 0.6) is 0 Å². The van der Waals surface area contributed by atoms with Crippen molar-refractivity contribution in [3.8, 4) is 0 Å². The smallest absolute Gasteiger partial charge is 0.253 e. The number of hydrogen-bond donors (Lipinski definition) is 1. The van der Waals surface area contributed by atoms with Crippen LogP contribution in [0.2, 0.25) is 0 Å². The lowest BCUT2D eigenvalue weighted by Crippen LogP contribution is -2.26. The summed E-state index contributed by atoms with van der Waals surface area (Å²) in [5.41, 5.74) is -1.19. The quantitative estimate of drug-likeness (QED) is 0.642. The summed E-state index contributed by atoms with van der Waals surface area (Å²) in [4.78, 5) is 2.48. The molecule has 0 aliphatic carbocycles. The summed E-state index contributed by atoms with van der Waals surface area (Å²) < 4.78 is 57.4. The molecule has 0 atom stereocenters. The van der Waals surface area contributed by atoms with Crippen LogP contribution < -0.4 is 5.32 Å². The molecule has 1 aromatic heterocycles. The van der Waals surface area contributed by atoms with Gasteiger partial charge in [0.2, 0.25) is 11.6 Å². The van der Waals surface area contributed by atoms with E-state index in [1.54, 1.807) is 0 Å². The Hall–Kier alpha value is -1.37. The van der Waals surface area contributed by atoms with Crippen LogP contribution in [0.3, 0.4) is 0 Å². The Balaban J connectivity index is 2.83. The van der Waals surface area contributed by atoms with Gasteiger partial charge in [-0.15, -0.1) is 0 Å². The van der Waals surface area contributed by atoms with Crippen molar-refractivity contribution in [2.75, 3.05) is 25.6 Å². The normalized spacial score (nSPS) is 11.7. The highest BCUT2D eigenvalue weighted by Gasteiger charge is 2.23. The molecular formula is C12H16F4N2O. The number of rotatable bonds is 6. The van der Waals surface area contributed by atoms with Gasteiger partial charge in [-0.3, -0.25) is 0 Å². The molecule has 0 unspecified atom stereocenters. The number of anilines is 1. The Labute approximate surface area is 109 Å². The first-order valence-electron chi connectivity index (χ1n) is 5.71. The average Bonchev–Trinajstić information content (AvgIpc) is 2.34. The molecule has 0 saturated carbocycles. The molecule has 7 heteroatoms. The van der Waals surface area contributed by atoms with Crippen molar-refractivity contribution in [3.63, 3.8) is 0 Å². The van der Waals surface area contributed by atoms with E-state index in [2.05, 4.69) is 10.3 Å². The molecule has 19 heavy (non-hydrogen) atoms. The monoisotopic (exact) mass is 280 g/mol. The highest BCUT2D eigenvalue weighted by molar-refractivity contribution is 5.45. The number of nitrogens with zero attached hydrogens (tertiary/aromatic N) is 1. The van der Waals surface area contributed by atoms with E-state index in [4.69, 9.17) is 4.74 Å². The molecular weight excluding hydrogens is 264 g/mol. The Kier molecular flexibility index (Phi) is 5.11. The summed E-state index contributed by atoms with van der Waals surface area (Å²) in [7, 11) is 1.54. The average molecular weight is 280 g/mol. The zero-order valence-electron chi connectivity index (χ0n) is 11.0. The van der Waals surface area contributed by atoms with Gasteiger partial charge in [0, 0.05) is 20.3 Å². The summed E-state index contributed by atoms with van der Waals surface area (Å²) in [5.74, 6) is -6.39. The van der Waals surface area contributed by atoms with Crippen LogP contribution in [-0.4, -0.2) is 25.2 Å². The summed E-state index contributed by atoms with van der Waals surface area (Å²) >= 11 is 0. The second-order valence-electron chi connectivity index (χ2n) is 4.96. The number of pyridine rings is 1. The predicted octanol–water partition coefficient (Wildman–Crippen LogP) is 3.11. The van der Waals surface area contributed by atoms with Gasteiger partial charge in [0.25, 0.3) is 11.9 Å². The highest BCUT2D eigenvalue weighted by Crippen LogP contribution is 2.25. The zero-order valence-corrected chi connectivity index (χ0v) is 11.0. The first kappa shape index (κ1) is 15.7. The first-order chi connectivity index (χ1) is 8.78. The van der Waals surface area contributed by atoms with Crippen molar-refractivity contribution < 1.29 is 22.3 Å². The lowest BCUT2D eigenvalue weighted by atomic mass is 9.89. The standard InChI is InChI=1S/C12H16F4N2O/c1-12(2,4-5-19-3)6-17-9-7(13)10(15)18-11(16)8(9)14/h4-6H2,1-3H3,(H,17,18). The van der Waals surface area contributed by atoms with E-state index < -0.39 is 29.2 Å². The third kappa shape index (κ3) is 4.05. The van der Waals surface area contributed by atoms with E-state index in [-0.39, 0.29) is 12.0 Å². The fourth-order valence-electron chi connectivity index (χ4n) is 1.44. The fraction of sp³-hybridized carbons (Fsp3) is 0.583. The van der Waals surface area contributed by atoms with Crippen LogP contribution in [0.4, 0.5) is 23.2 Å². The molecule has 0 aromatic carbocycles. The fourth-order valence-corrected chi connectivity index (χ4v) is 1.44. The summed E-state index contributed by atoms with van der Waals surface area (Å²) in [6.07, 6.45) is 0.621.